The van der Waals surface area contributed by atoms with Crippen LogP contribution in [0.15, 0.2) is 72.8 Å². The predicted molar refractivity (Wildman–Crippen MR) is 133 cm³/mol. The Morgan fingerprint density at radius 3 is 0.903 bits per heavy atom. The Balaban J connectivity index is 1.95. The SMILES string of the molecule is CC(N)Cc1ccc(N(c2ccc(CC(C)N)cc2)c2ccc(CC(C)N)cc2)cc1. The Kier molecular flexibility index (Phi) is 7.85. The standard InChI is InChI=1S/C27H36N4/c1-19(28)16-22-4-10-25(11-5-22)31(26-12-6-23(7-13-26)17-20(2)29)27-14-8-24(9-15-27)18-21(3)30/h4-15,19-21H,16-18,28-30H2,1-3H3. The zero-order chi connectivity index (χ0) is 22.4. The normalized spacial score (nSPS) is 14.1. The summed E-state index contributed by atoms with van der Waals surface area (Å²) in [7, 11) is 0. The lowest BCUT2D eigenvalue weighted by Crippen LogP contribution is -2.18. The Morgan fingerprint density at radius 2 is 0.710 bits per heavy atom. The van der Waals surface area contributed by atoms with Crippen LogP contribution in [-0.2, 0) is 19.3 Å². The van der Waals surface area contributed by atoms with Crippen molar-refractivity contribution in [1.29, 1.82) is 0 Å². The summed E-state index contributed by atoms with van der Waals surface area (Å²) in [6.45, 7) is 6.11. The molecule has 0 aliphatic heterocycles. The molecule has 164 valence electrons. The fourth-order valence-corrected chi connectivity index (χ4v) is 3.91. The molecule has 6 N–H and O–H groups in total. The number of nitrogens with zero attached hydrogens (tertiary/aromatic N) is 1. The average molecular weight is 417 g/mol. The molecule has 4 nitrogen and oxygen atoms in total. The maximum atomic E-state index is 5.97. The summed E-state index contributed by atoms with van der Waals surface area (Å²) < 4.78 is 0. The van der Waals surface area contributed by atoms with E-state index in [4.69, 9.17) is 17.2 Å². The van der Waals surface area contributed by atoms with Gasteiger partial charge >= 0.3 is 0 Å². The number of nitrogens with two attached hydrogens (primary N) is 3. The second-order valence-corrected chi connectivity index (χ2v) is 8.88. The van der Waals surface area contributed by atoms with Crippen LogP contribution in [0.5, 0.6) is 0 Å². The van der Waals surface area contributed by atoms with Crippen LogP contribution >= 0.6 is 0 Å². The zero-order valence-electron chi connectivity index (χ0n) is 19.0. The van der Waals surface area contributed by atoms with Gasteiger partial charge in [0.1, 0.15) is 0 Å². The van der Waals surface area contributed by atoms with Crippen LogP contribution in [0.1, 0.15) is 37.5 Å². The summed E-state index contributed by atoms with van der Waals surface area (Å²) in [5.41, 5.74) is 25.0. The molecule has 3 rings (SSSR count). The van der Waals surface area contributed by atoms with E-state index in [0.717, 1.165) is 36.3 Å². The largest absolute Gasteiger partial charge is 0.328 e. The van der Waals surface area contributed by atoms with Gasteiger partial charge in [0.25, 0.3) is 0 Å². The van der Waals surface area contributed by atoms with Crippen molar-refractivity contribution in [2.45, 2.75) is 58.2 Å². The van der Waals surface area contributed by atoms with E-state index in [1.165, 1.54) is 16.7 Å². The van der Waals surface area contributed by atoms with E-state index in [9.17, 15) is 0 Å². The molecule has 0 bridgehead atoms. The Morgan fingerprint density at radius 1 is 0.484 bits per heavy atom. The van der Waals surface area contributed by atoms with Crippen LogP contribution in [0.25, 0.3) is 0 Å². The minimum Gasteiger partial charge on any atom is -0.328 e. The van der Waals surface area contributed by atoms with Gasteiger partial charge < -0.3 is 22.1 Å². The third kappa shape index (κ3) is 6.66. The number of rotatable bonds is 9. The highest BCUT2D eigenvalue weighted by molar-refractivity contribution is 5.76. The monoisotopic (exact) mass is 416 g/mol. The van der Waals surface area contributed by atoms with Crippen LogP contribution in [0, 0.1) is 0 Å². The van der Waals surface area contributed by atoms with E-state index in [-0.39, 0.29) is 18.1 Å². The Labute approximate surface area is 187 Å². The molecular formula is C27H36N4. The lowest BCUT2D eigenvalue weighted by Gasteiger charge is -2.26. The second-order valence-electron chi connectivity index (χ2n) is 8.88. The van der Waals surface area contributed by atoms with Crippen molar-refractivity contribution < 1.29 is 0 Å². The molecule has 3 atom stereocenters. The van der Waals surface area contributed by atoms with E-state index >= 15 is 0 Å². The quantitative estimate of drug-likeness (QED) is 0.467. The highest BCUT2D eigenvalue weighted by atomic mass is 15.1. The first-order chi connectivity index (χ1) is 14.8. The van der Waals surface area contributed by atoms with Crippen molar-refractivity contribution in [1.82, 2.24) is 0 Å². The van der Waals surface area contributed by atoms with Gasteiger partial charge in [0, 0.05) is 35.2 Å². The van der Waals surface area contributed by atoms with Crippen molar-refractivity contribution in [3.05, 3.63) is 89.5 Å². The topological polar surface area (TPSA) is 81.3 Å². The van der Waals surface area contributed by atoms with E-state index in [0.29, 0.717) is 0 Å². The van der Waals surface area contributed by atoms with Gasteiger partial charge in [0.2, 0.25) is 0 Å². The highest BCUT2D eigenvalue weighted by Crippen LogP contribution is 2.35. The van der Waals surface area contributed by atoms with Crippen LogP contribution in [0.4, 0.5) is 17.1 Å². The van der Waals surface area contributed by atoms with Gasteiger partial charge in [-0.15, -0.1) is 0 Å². The molecule has 0 aliphatic carbocycles. The van der Waals surface area contributed by atoms with Gasteiger partial charge in [-0.05, 0) is 93.1 Å². The molecule has 0 spiro atoms. The van der Waals surface area contributed by atoms with Crippen LogP contribution in [-0.4, -0.2) is 18.1 Å². The van der Waals surface area contributed by atoms with E-state index in [2.05, 4.69) is 77.7 Å². The number of hydrogen-bond donors (Lipinski definition) is 3. The van der Waals surface area contributed by atoms with Gasteiger partial charge in [0.15, 0.2) is 0 Å². The molecule has 0 saturated heterocycles. The van der Waals surface area contributed by atoms with Gasteiger partial charge in [-0.1, -0.05) is 36.4 Å². The number of anilines is 3. The van der Waals surface area contributed by atoms with E-state index < -0.39 is 0 Å². The Hall–Kier alpha value is -2.66. The third-order valence-corrected chi connectivity index (χ3v) is 5.26. The molecule has 3 unspecified atom stereocenters. The van der Waals surface area contributed by atoms with Gasteiger partial charge in [-0.25, -0.2) is 0 Å². The van der Waals surface area contributed by atoms with Crippen LogP contribution in [0.3, 0.4) is 0 Å². The van der Waals surface area contributed by atoms with E-state index in [1.54, 1.807) is 0 Å². The van der Waals surface area contributed by atoms with Gasteiger partial charge in [0.05, 0.1) is 0 Å². The highest BCUT2D eigenvalue weighted by Gasteiger charge is 2.13. The number of hydrogen-bond acceptors (Lipinski definition) is 4. The molecule has 31 heavy (non-hydrogen) atoms. The second kappa shape index (κ2) is 10.6. The van der Waals surface area contributed by atoms with Crippen molar-refractivity contribution in [2.75, 3.05) is 4.90 Å². The molecule has 0 heterocycles. The molecule has 0 radical (unpaired) electrons. The lowest BCUT2D eigenvalue weighted by molar-refractivity contribution is 0.738. The molecule has 3 aromatic carbocycles. The molecule has 0 fully saturated rings. The summed E-state index contributed by atoms with van der Waals surface area (Å²) in [5, 5.41) is 0. The van der Waals surface area contributed by atoms with Crippen molar-refractivity contribution >= 4 is 17.1 Å². The fraction of sp³-hybridized carbons (Fsp3) is 0.333. The molecule has 0 saturated carbocycles. The summed E-state index contributed by atoms with van der Waals surface area (Å²) in [4.78, 5) is 2.28. The maximum absolute atomic E-state index is 5.97. The molecule has 0 aliphatic rings. The third-order valence-electron chi connectivity index (χ3n) is 5.26. The Bertz CT molecular complexity index is 799. The molecular weight excluding hydrogens is 380 g/mol. The smallest absolute Gasteiger partial charge is 0.0461 e. The van der Waals surface area contributed by atoms with Crippen LogP contribution < -0.4 is 22.1 Å². The minimum atomic E-state index is 0.150. The zero-order valence-corrected chi connectivity index (χ0v) is 19.0. The molecule has 0 amide bonds. The van der Waals surface area contributed by atoms with Gasteiger partial charge in [-0.3, -0.25) is 0 Å². The predicted octanol–water partition coefficient (Wildman–Crippen LogP) is 4.83. The first-order valence-corrected chi connectivity index (χ1v) is 11.2. The summed E-state index contributed by atoms with van der Waals surface area (Å²) in [6, 6.07) is 26.5. The molecule has 3 aromatic rings. The molecule has 4 heteroatoms. The van der Waals surface area contributed by atoms with Crippen molar-refractivity contribution in [3.63, 3.8) is 0 Å². The summed E-state index contributed by atoms with van der Waals surface area (Å²) >= 11 is 0. The van der Waals surface area contributed by atoms with E-state index in [1.807, 2.05) is 20.8 Å². The van der Waals surface area contributed by atoms with Crippen molar-refractivity contribution in [3.8, 4) is 0 Å². The first kappa shape index (κ1) is 23.0. The minimum absolute atomic E-state index is 0.150. The van der Waals surface area contributed by atoms with Crippen molar-refractivity contribution in [2.24, 2.45) is 17.2 Å². The average Bonchev–Trinajstić information content (AvgIpc) is 2.71. The summed E-state index contributed by atoms with van der Waals surface area (Å²) in [6.07, 6.45) is 2.62. The lowest BCUT2D eigenvalue weighted by atomic mass is 10.0. The maximum Gasteiger partial charge on any atom is 0.0461 e. The van der Waals surface area contributed by atoms with Crippen LogP contribution in [0.2, 0.25) is 0 Å². The first-order valence-electron chi connectivity index (χ1n) is 11.2. The molecule has 0 aromatic heterocycles. The van der Waals surface area contributed by atoms with Gasteiger partial charge in [-0.2, -0.15) is 0 Å². The number of benzene rings is 3. The summed E-state index contributed by atoms with van der Waals surface area (Å²) in [5.74, 6) is 0. The fourth-order valence-electron chi connectivity index (χ4n) is 3.91.